The van der Waals surface area contributed by atoms with Crippen LogP contribution in [-0.4, -0.2) is 55.7 Å². The molecule has 3 rings (SSSR count). The van der Waals surface area contributed by atoms with Gasteiger partial charge in [-0.1, -0.05) is 17.9 Å². The van der Waals surface area contributed by atoms with E-state index in [0.717, 1.165) is 30.3 Å². The van der Waals surface area contributed by atoms with Gasteiger partial charge in [-0.3, -0.25) is 13.9 Å². The second kappa shape index (κ2) is 7.70. The van der Waals surface area contributed by atoms with E-state index in [2.05, 4.69) is 20.5 Å². The van der Waals surface area contributed by atoms with Crippen molar-refractivity contribution in [1.82, 2.24) is 29.6 Å². The lowest BCUT2D eigenvalue weighted by atomic mass is 10.2. The molecule has 2 aromatic heterocycles. The standard InChI is InChI=1S/C15H22N6O4/c1-20-13(23)11-12(21(15(20)24)10-4-2-3-5-10)18-19-14(17-11)25-9-7-16-6-8-22/h10,16,22H,2-9H2,1H3. The Morgan fingerprint density at radius 3 is 2.72 bits per heavy atom. The van der Waals surface area contributed by atoms with Crippen molar-refractivity contribution in [2.45, 2.75) is 31.7 Å². The maximum absolute atomic E-state index is 12.5. The highest BCUT2D eigenvalue weighted by molar-refractivity contribution is 5.68. The fourth-order valence-electron chi connectivity index (χ4n) is 3.08. The number of nitrogens with zero attached hydrogens (tertiary/aromatic N) is 5. The van der Waals surface area contributed by atoms with Crippen LogP contribution in [0.25, 0.3) is 11.2 Å². The van der Waals surface area contributed by atoms with Crippen molar-refractivity contribution in [1.29, 1.82) is 0 Å². The van der Waals surface area contributed by atoms with Crippen LogP contribution in [0.4, 0.5) is 0 Å². The van der Waals surface area contributed by atoms with E-state index in [4.69, 9.17) is 9.84 Å². The zero-order chi connectivity index (χ0) is 17.8. The van der Waals surface area contributed by atoms with Crippen LogP contribution in [0.2, 0.25) is 0 Å². The van der Waals surface area contributed by atoms with Gasteiger partial charge in [-0.25, -0.2) is 4.79 Å². The Morgan fingerprint density at radius 2 is 2.00 bits per heavy atom. The molecule has 0 amide bonds. The Hall–Kier alpha value is -2.33. The number of aromatic nitrogens is 5. The summed E-state index contributed by atoms with van der Waals surface area (Å²) in [6.45, 7) is 1.29. The van der Waals surface area contributed by atoms with Crippen LogP contribution in [0.15, 0.2) is 9.59 Å². The van der Waals surface area contributed by atoms with Crippen LogP contribution in [0.3, 0.4) is 0 Å². The van der Waals surface area contributed by atoms with Crippen LogP contribution in [0.1, 0.15) is 31.7 Å². The largest absolute Gasteiger partial charge is 0.461 e. The van der Waals surface area contributed by atoms with Gasteiger partial charge < -0.3 is 15.2 Å². The van der Waals surface area contributed by atoms with Crippen molar-refractivity contribution >= 4 is 11.2 Å². The average Bonchev–Trinajstić information content (AvgIpc) is 3.14. The highest BCUT2D eigenvalue weighted by atomic mass is 16.5. The van der Waals surface area contributed by atoms with E-state index >= 15 is 0 Å². The summed E-state index contributed by atoms with van der Waals surface area (Å²) in [5.41, 5.74) is -0.595. The molecule has 10 nitrogen and oxygen atoms in total. The van der Waals surface area contributed by atoms with Gasteiger partial charge in [0.1, 0.15) is 6.61 Å². The van der Waals surface area contributed by atoms with Gasteiger partial charge in [0, 0.05) is 26.2 Å². The molecule has 1 aliphatic rings. The molecular weight excluding hydrogens is 328 g/mol. The summed E-state index contributed by atoms with van der Waals surface area (Å²) >= 11 is 0. The lowest BCUT2D eigenvalue weighted by Gasteiger charge is -2.16. The fourth-order valence-corrected chi connectivity index (χ4v) is 3.08. The first-order valence-electron chi connectivity index (χ1n) is 8.44. The van der Waals surface area contributed by atoms with Crippen molar-refractivity contribution < 1.29 is 9.84 Å². The van der Waals surface area contributed by atoms with E-state index in [1.165, 1.54) is 11.6 Å². The van der Waals surface area contributed by atoms with Gasteiger partial charge in [0.2, 0.25) is 0 Å². The molecule has 0 bridgehead atoms. The predicted molar refractivity (Wildman–Crippen MR) is 89.8 cm³/mol. The number of nitrogens with one attached hydrogen (secondary N) is 1. The first-order valence-corrected chi connectivity index (χ1v) is 8.44. The molecule has 0 atom stereocenters. The highest BCUT2D eigenvalue weighted by Crippen LogP contribution is 2.29. The molecule has 0 aromatic carbocycles. The van der Waals surface area contributed by atoms with Crippen molar-refractivity contribution in [3.63, 3.8) is 0 Å². The topological polar surface area (TPSA) is 124 Å². The van der Waals surface area contributed by atoms with E-state index in [1.807, 2.05) is 0 Å². The molecule has 0 spiro atoms. The molecule has 0 aliphatic heterocycles. The van der Waals surface area contributed by atoms with Gasteiger partial charge in [0.15, 0.2) is 11.2 Å². The van der Waals surface area contributed by atoms with Crippen molar-refractivity contribution in [2.24, 2.45) is 7.05 Å². The Morgan fingerprint density at radius 1 is 1.24 bits per heavy atom. The zero-order valence-corrected chi connectivity index (χ0v) is 14.1. The maximum Gasteiger partial charge on any atom is 0.336 e. The lowest BCUT2D eigenvalue weighted by molar-refractivity contribution is 0.265. The number of rotatable bonds is 7. The van der Waals surface area contributed by atoms with E-state index in [9.17, 15) is 9.59 Å². The summed E-state index contributed by atoms with van der Waals surface area (Å²) in [7, 11) is 1.44. The Kier molecular flexibility index (Phi) is 5.39. The van der Waals surface area contributed by atoms with E-state index in [1.54, 1.807) is 0 Å². The second-order valence-electron chi connectivity index (χ2n) is 6.04. The van der Waals surface area contributed by atoms with Crippen LogP contribution in [-0.2, 0) is 7.05 Å². The molecule has 10 heteroatoms. The Balaban J connectivity index is 1.93. The van der Waals surface area contributed by atoms with Gasteiger partial charge in [-0.15, -0.1) is 5.10 Å². The minimum atomic E-state index is -0.507. The summed E-state index contributed by atoms with van der Waals surface area (Å²) in [4.78, 5) is 29.1. The summed E-state index contributed by atoms with van der Waals surface area (Å²) in [6, 6.07) is 0.0133. The van der Waals surface area contributed by atoms with Crippen LogP contribution in [0.5, 0.6) is 6.01 Å². The first-order chi connectivity index (χ1) is 12.1. The number of hydrogen-bond acceptors (Lipinski definition) is 8. The molecule has 0 radical (unpaired) electrons. The third-order valence-corrected chi connectivity index (χ3v) is 4.37. The number of ether oxygens (including phenoxy) is 1. The summed E-state index contributed by atoms with van der Waals surface area (Å²) in [5.74, 6) is 0. The smallest absolute Gasteiger partial charge is 0.336 e. The van der Waals surface area contributed by atoms with Crippen LogP contribution in [0, 0.1) is 0 Å². The van der Waals surface area contributed by atoms with Gasteiger partial charge in [-0.05, 0) is 12.8 Å². The summed E-state index contributed by atoms with van der Waals surface area (Å²) < 4.78 is 7.98. The van der Waals surface area contributed by atoms with Gasteiger partial charge >= 0.3 is 11.7 Å². The fraction of sp³-hybridized carbons (Fsp3) is 0.667. The third-order valence-electron chi connectivity index (χ3n) is 4.37. The van der Waals surface area contributed by atoms with E-state index in [-0.39, 0.29) is 42.1 Å². The monoisotopic (exact) mass is 350 g/mol. The Bertz CT molecular complexity index is 855. The molecule has 1 saturated carbocycles. The van der Waals surface area contributed by atoms with E-state index in [0.29, 0.717) is 13.1 Å². The van der Waals surface area contributed by atoms with Crippen molar-refractivity contribution in [3.8, 4) is 6.01 Å². The number of fused-ring (bicyclic) bond motifs is 1. The van der Waals surface area contributed by atoms with Crippen LogP contribution >= 0.6 is 0 Å². The normalized spacial score (nSPS) is 15.1. The zero-order valence-electron chi connectivity index (χ0n) is 14.1. The molecule has 25 heavy (non-hydrogen) atoms. The average molecular weight is 350 g/mol. The van der Waals surface area contributed by atoms with Gasteiger partial charge in [-0.2, -0.15) is 4.98 Å². The number of aliphatic hydroxyl groups is 1. The molecule has 1 aliphatic carbocycles. The number of hydrogen-bond donors (Lipinski definition) is 2. The molecule has 0 saturated heterocycles. The Labute approximate surface area is 143 Å². The van der Waals surface area contributed by atoms with Gasteiger partial charge in [0.25, 0.3) is 5.56 Å². The number of aliphatic hydroxyl groups excluding tert-OH is 1. The van der Waals surface area contributed by atoms with Crippen molar-refractivity contribution in [2.75, 3.05) is 26.3 Å². The molecule has 0 unspecified atom stereocenters. The maximum atomic E-state index is 12.5. The van der Waals surface area contributed by atoms with E-state index < -0.39 is 5.56 Å². The summed E-state index contributed by atoms with van der Waals surface area (Å²) in [6.07, 6.45) is 3.85. The molecule has 1 fully saturated rings. The first kappa shape index (κ1) is 17.5. The molecule has 2 N–H and O–H groups in total. The molecule has 2 aromatic rings. The quantitative estimate of drug-likeness (QED) is 0.607. The predicted octanol–water partition coefficient (Wildman–Crippen LogP) is -1.04. The minimum Gasteiger partial charge on any atom is -0.461 e. The van der Waals surface area contributed by atoms with Crippen LogP contribution < -0.4 is 21.3 Å². The molecule has 2 heterocycles. The molecule has 136 valence electrons. The second-order valence-corrected chi connectivity index (χ2v) is 6.04. The third kappa shape index (κ3) is 3.54. The molecular formula is C15H22N6O4. The van der Waals surface area contributed by atoms with Crippen molar-refractivity contribution in [3.05, 3.63) is 20.8 Å². The van der Waals surface area contributed by atoms with Gasteiger partial charge in [0.05, 0.1) is 6.61 Å². The summed E-state index contributed by atoms with van der Waals surface area (Å²) in [5, 5.41) is 19.6. The highest BCUT2D eigenvalue weighted by Gasteiger charge is 2.24. The minimum absolute atomic E-state index is 0.00739. The lowest BCUT2D eigenvalue weighted by Crippen LogP contribution is -2.40. The SMILES string of the molecule is Cn1c(=O)c2nc(OCCNCCO)nnc2n(C2CCCC2)c1=O.